The number of nitrogens with one attached hydrogen (secondary N) is 3. The molecule has 1 unspecified atom stereocenters. The van der Waals surface area contributed by atoms with Crippen molar-refractivity contribution in [3.8, 4) is 17.6 Å². The molecule has 290 valence electrons. The number of rotatable bonds is 14. The number of piperazine rings is 1. The fourth-order valence-electron chi connectivity index (χ4n) is 6.41. The summed E-state index contributed by atoms with van der Waals surface area (Å²) < 4.78 is 7.81. The summed E-state index contributed by atoms with van der Waals surface area (Å²) in [6.07, 6.45) is 4.16. The van der Waals surface area contributed by atoms with Crippen LogP contribution in [0.4, 0.5) is 34.5 Å². The summed E-state index contributed by atoms with van der Waals surface area (Å²) in [6.45, 7) is 3.67. The van der Waals surface area contributed by atoms with Crippen LogP contribution in [-0.2, 0) is 9.59 Å². The number of para-hydroxylation sites is 2. The molecular weight excluding hydrogens is 754 g/mol. The van der Waals surface area contributed by atoms with Crippen LogP contribution in [0.2, 0.25) is 5.02 Å². The van der Waals surface area contributed by atoms with Gasteiger partial charge in [0.1, 0.15) is 17.1 Å². The fraction of sp³-hybridized carbons (Fsp3) is 0.300. The van der Waals surface area contributed by atoms with Crippen molar-refractivity contribution in [1.29, 1.82) is 0 Å². The minimum absolute atomic E-state index is 0.0183. The quantitative estimate of drug-likeness (QED) is 0.0664. The molecule has 3 N–H and O–H groups in total. The monoisotopic (exact) mass is 795 g/mol. The summed E-state index contributed by atoms with van der Waals surface area (Å²) in [4.78, 5) is 64.1. The first-order valence-corrected chi connectivity index (χ1v) is 19.5. The van der Waals surface area contributed by atoms with E-state index in [0.717, 1.165) is 48.1 Å². The number of fused-ring (bicyclic) bond motifs is 1. The standard InChI is InChI=1S/C40H42ClN9O5S/c1-42-36(52)16-13-28(25-51)50-38(53)29-14-11-26(22-30(29)39(50)54)8-7-17-48-18-20-49(21-19-48)27-12-15-33(35(23-27)55-3)45-40-43-24-31(41)37(46-40)44-32-9-5-6-10-34(32)47(2)56-4/h5-6,9-12,14-15,22-25,28H,13,16-21H2,1-4H3,(H,42,52)(H2,43,44,45,46). The van der Waals surface area contributed by atoms with Gasteiger partial charge in [0, 0.05) is 70.3 Å². The number of carbonyl (C=O) groups excluding carboxylic acids is 4. The van der Waals surface area contributed by atoms with E-state index in [1.165, 1.54) is 7.05 Å². The molecule has 16 heteroatoms. The lowest BCUT2D eigenvalue weighted by Crippen LogP contribution is -2.46. The zero-order valence-corrected chi connectivity index (χ0v) is 33.0. The predicted octanol–water partition coefficient (Wildman–Crippen LogP) is 5.20. The third-order valence-electron chi connectivity index (χ3n) is 9.57. The van der Waals surface area contributed by atoms with Gasteiger partial charge in [0.2, 0.25) is 11.9 Å². The highest BCUT2D eigenvalue weighted by Gasteiger charge is 2.40. The Morgan fingerprint density at radius 2 is 1.80 bits per heavy atom. The number of methoxy groups -OCH3 is 1. The van der Waals surface area contributed by atoms with Crippen molar-refractivity contribution in [2.24, 2.45) is 0 Å². The number of amides is 3. The topological polar surface area (TPSA) is 152 Å². The van der Waals surface area contributed by atoms with Crippen molar-refractivity contribution in [2.75, 3.05) is 80.0 Å². The molecule has 0 saturated carbocycles. The average molecular weight is 796 g/mol. The van der Waals surface area contributed by atoms with E-state index in [2.05, 4.69) is 47.6 Å². The largest absolute Gasteiger partial charge is 0.494 e. The van der Waals surface area contributed by atoms with Gasteiger partial charge in [0.15, 0.2) is 5.82 Å². The number of nitrogens with zero attached hydrogens (tertiary/aromatic N) is 6. The molecule has 0 bridgehead atoms. The van der Waals surface area contributed by atoms with Crippen molar-refractivity contribution in [2.45, 2.75) is 18.9 Å². The molecule has 3 aromatic carbocycles. The fourth-order valence-corrected chi connectivity index (χ4v) is 6.91. The number of aromatic nitrogens is 2. The molecule has 0 aliphatic carbocycles. The lowest BCUT2D eigenvalue weighted by atomic mass is 10.1. The van der Waals surface area contributed by atoms with E-state index in [1.54, 1.807) is 43.5 Å². The number of benzene rings is 3. The molecule has 1 saturated heterocycles. The SMILES string of the molecule is CNC(=O)CCC(C=O)N1C(=O)c2ccc(C#CCN3CCN(c4ccc(Nc5ncc(Cl)c(Nc6ccccc6N(C)SC)n5)c(OC)c4)CC3)cc2C1=O. The van der Waals surface area contributed by atoms with Crippen LogP contribution in [0.5, 0.6) is 5.75 Å². The van der Waals surface area contributed by atoms with Gasteiger partial charge >= 0.3 is 0 Å². The lowest BCUT2D eigenvalue weighted by Gasteiger charge is -2.35. The third-order valence-corrected chi connectivity index (χ3v) is 10.6. The van der Waals surface area contributed by atoms with Crippen molar-refractivity contribution >= 4 is 82.1 Å². The van der Waals surface area contributed by atoms with E-state index in [0.29, 0.717) is 46.6 Å². The smallest absolute Gasteiger partial charge is 0.262 e. The first-order chi connectivity index (χ1) is 27.1. The van der Waals surface area contributed by atoms with E-state index in [-0.39, 0.29) is 29.9 Å². The molecular formula is C40H42ClN9O5S. The zero-order valence-electron chi connectivity index (χ0n) is 31.5. The van der Waals surface area contributed by atoms with Crippen LogP contribution in [0.15, 0.2) is 66.9 Å². The predicted molar refractivity (Wildman–Crippen MR) is 221 cm³/mol. The molecule has 3 heterocycles. The normalized spacial score (nSPS) is 14.4. The van der Waals surface area contributed by atoms with Gasteiger partial charge in [-0.3, -0.25) is 24.2 Å². The zero-order chi connectivity index (χ0) is 39.8. The van der Waals surface area contributed by atoms with Gasteiger partial charge in [-0.25, -0.2) is 4.98 Å². The Morgan fingerprint density at radius 1 is 1.04 bits per heavy atom. The maximum Gasteiger partial charge on any atom is 0.262 e. The molecule has 3 amide bonds. The summed E-state index contributed by atoms with van der Waals surface area (Å²) in [6, 6.07) is 17.7. The molecule has 1 atom stereocenters. The van der Waals surface area contributed by atoms with Crippen molar-refractivity contribution in [3.05, 3.63) is 88.6 Å². The Kier molecular flexibility index (Phi) is 13.0. The number of imide groups is 1. The maximum atomic E-state index is 13.2. The van der Waals surface area contributed by atoms with Gasteiger partial charge < -0.3 is 34.7 Å². The molecule has 0 radical (unpaired) electrons. The van der Waals surface area contributed by atoms with Gasteiger partial charge in [-0.1, -0.05) is 47.5 Å². The number of hydrogen-bond acceptors (Lipinski definition) is 13. The van der Waals surface area contributed by atoms with Crippen molar-refractivity contribution in [3.63, 3.8) is 0 Å². The second-order valence-corrected chi connectivity index (χ2v) is 14.3. The van der Waals surface area contributed by atoms with Crippen LogP contribution >= 0.6 is 23.5 Å². The Labute approximate surface area is 335 Å². The van der Waals surface area contributed by atoms with Gasteiger partial charge in [0.05, 0.1) is 54.1 Å². The second-order valence-electron chi connectivity index (χ2n) is 12.9. The molecule has 56 heavy (non-hydrogen) atoms. The Bertz CT molecular complexity index is 2190. The van der Waals surface area contributed by atoms with Crippen LogP contribution in [-0.4, -0.2) is 110 Å². The first-order valence-electron chi connectivity index (χ1n) is 17.9. The number of carbonyl (C=O) groups is 4. The minimum atomic E-state index is -1.02. The van der Waals surface area contributed by atoms with Gasteiger partial charge in [-0.15, -0.1) is 0 Å². The van der Waals surface area contributed by atoms with Crippen LogP contribution in [0.25, 0.3) is 0 Å². The minimum Gasteiger partial charge on any atom is -0.494 e. The number of hydrogen-bond donors (Lipinski definition) is 3. The molecule has 1 aromatic heterocycles. The summed E-state index contributed by atoms with van der Waals surface area (Å²) in [5.74, 6) is 6.40. The number of halogens is 1. The van der Waals surface area contributed by atoms with Crippen LogP contribution < -0.4 is 29.9 Å². The molecule has 4 aromatic rings. The molecule has 14 nitrogen and oxygen atoms in total. The molecule has 1 fully saturated rings. The second kappa shape index (κ2) is 18.2. The lowest BCUT2D eigenvalue weighted by molar-refractivity contribution is -0.121. The van der Waals surface area contributed by atoms with Gasteiger partial charge in [-0.2, -0.15) is 4.98 Å². The van der Waals surface area contributed by atoms with Crippen LogP contribution in [0.3, 0.4) is 0 Å². The summed E-state index contributed by atoms with van der Waals surface area (Å²) in [7, 11) is 5.10. The van der Waals surface area contributed by atoms with Crippen LogP contribution in [0.1, 0.15) is 39.1 Å². The van der Waals surface area contributed by atoms with E-state index in [4.69, 9.17) is 16.3 Å². The Morgan fingerprint density at radius 3 is 2.54 bits per heavy atom. The van der Waals surface area contributed by atoms with Gasteiger partial charge in [-0.05, 0) is 48.9 Å². The summed E-state index contributed by atoms with van der Waals surface area (Å²) in [5.41, 5.74) is 4.59. The van der Waals surface area contributed by atoms with Crippen molar-refractivity contribution < 1.29 is 23.9 Å². The molecule has 2 aliphatic rings. The third kappa shape index (κ3) is 9.00. The first kappa shape index (κ1) is 39.9. The average Bonchev–Trinajstić information content (AvgIpc) is 3.47. The molecule has 6 rings (SSSR count). The number of anilines is 6. The number of aldehydes is 1. The highest BCUT2D eigenvalue weighted by Crippen LogP contribution is 2.35. The maximum absolute atomic E-state index is 13.2. The van der Waals surface area contributed by atoms with Crippen LogP contribution in [0, 0.1) is 11.8 Å². The molecule has 0 spiro atoms. The van der Waals surface area contributed by atoms with E-state index >= 15 is 0 Å². The van der Waals surface area contributed by atoms with E-state index in [9.17, 15) is 19.2 Å². The Hall–Kier alpha value is -5.82. The van der Waals surface area contributed by atoms with E-state index < -0.39 is 17.9 Å². The number of ether oxygens (including phenoxy) is 1. The highest BCUT2D eigenvalue weighted by atomic mass is 35.5. The summed E-state index contributed by atoms with van der Waals surface area (Å²) in [5, 5.41) is 9.48. The highest BCUT2D eigenvalue weighted by molar-refractivity contribution is 7.99. The van der Waals surface area contributed by atoms with Gasteiger partial charge in [0.25, 0.3) is 11.8 Å². The molecule has 2 aliphatic heterocycles. The van der Waals surface area contributed by atoms with E-state index in [1.807, 2.05) is 60.1 Å². The van der Waals surface area contributed by atoms with Crippen molar-refractivity contribution in [1.82, 2.24) is 25.1 Å². The Balaban J connectivity index is 1.04. The summed E-state index contributed by atoms with van der Waals surface area (Å²) >= 11 is 8.09.